The van der Waals surface area contributed by atoms with Crippen molar-refractivity contribution in [2.24, 2.45) is 0 Å². The fourth-order valence-corrected chi connectivity index (χ4v) is 2.51. The normalized spacial score (nSPS) is 11.0. The maximum Gasteiger partial charge on any atom is 0.227 e. The standard InChI is InChI=1S/C16H16FNO4S/c1-23(20,21)13-6-4-5-12(11-13)18-16(19)9-10-22-15-8-3-2-7-14(15)17/h2-8,11H,9-10H2,1H3,(H,18,19). The van der Waals surface area contributed by atoms with Crippen LogP contribution in [0.5, 0.6) is 5.75 Å². The molecule has 0 radical (unpaired) electrons. The van der Waals surface area contributed by atoms with Gasteiger partial charge in [0, 0.05) is 11.9 Å². The van der Waals surface area contributed by atoms with E-state index in [-0.39, 0.29) is 29.6 Å². The maximum absolute atomic E-state index is 13.3. The van der Waals surface area contributed by atoms with E-state index in [9.17, 15) is 17.6 Å². The summed E-state index contributed by atoms with van der Waals surface area (Å²) in [4.78, 5) is 11.9. The van der Waals surface area contributed by atoms with Gasteiger partial charge in [-0.05, 0) is 30.3 Å². The third kappa shape index (κ3) is 5.07. The third-order valence-electron chi connectivity index (χ3n) is 2.97. The van der Waals surface area contributed by atoms with E-state index >= 15 is 0 Å². The minimum atomic E-state index is -3.34. The van der Waals surface area contributed by atoms with Crippen LogP contribution < -0.4 is 10.1 Å². The lowest BCUT2D eigenvalue weighted by Crippen LogP contribution is -2.15. The molecule has 0 aliphatic heterocycles. The minimum absolute atomic E-state index is 0.0113. The number of ether oxygens (including phenoxy) is 1. The summed E-state index contributed by atoms with van der Waals surface area (Å²) >= 11 is 0. The van der Waals surface area contributed by atoms with E-state index in [0.717, 1.165) is 6.26 Å². The average Bonchev–Trinajstić information content (AvgIpc) is 2.48. The first kappa shape index (κ1) is 17.0. The molecule has 7 heteroatoms. The number of nitrogens with one attached hydrogen (secondary N) is 1. The van der Waals surface area contributed by atoms with Gasteiger partial charge < -0.3 is 10.1 Å². The van der Waals surface area contributed by atoms with Crippen LogP contribution in [0.15, 0.2) is 53.4 Å². The number of carbonyl (C=O) groups excluding carboxylic acids is 1. The van der Waals surface area contributed by atoms with Gasteiger partial charge in [0.25, 0.3) is 0 Å². The largest absolute Gasteiger partial charge is 0.490 e. The van der Waals surface area contributed by atoms with Crippen LogP contribution in [-0.2, 0) is 14.6 Å². The van der Waals surface area contributed by atoms with Crippen LogP contribution in [0.2, 0.25) is 0 Å². The van der Waals surface area contributed by atoms with Gasteiger partial charge in [-0.3, -0.25) is 4.79 Å². The van der Waals surface area contributed by atoms with E-state index in [4.69, 9.17) is 4.74 Å². The molecule has 0 fully saturated rings. The van der Waals surface area contributed by atoms with Crippen molar-refractivity contribution in [3.8, 4) is 5.75 Å². The fourth-order valence-electron chi connectivity index (χ4n) is 1.84. The highest BCUT2D eigenvalue weighted by atomic mass is 32.2. The molecule has 0 aliphatic carbocycles. The number of rotatable bonds is 6. The lowest BCUT2D eigenvalue weighted by molar-refractivity contribution is -0.116. The summed E-state index contributed by atoms with van der Waals surface area (Å²) in [5.41, 5.74) is 0.379. The van der Waals surface area contributed by atoms with Crippen molar-refractivity contribution in [3.05, 3.63) is 54.3 Å². The highest BCUT2D eigenvalue weighted by Gasteiger charge is 2.09. The molecule has 2 aromatic rings. The molecule has 0 atom stereocenters. The summed E-state index contributed by atoms with van der Waals surface area (Å²) in [6.07, 6.45) is 1.10. The number of benzene rings is 2. The molecule has 1 amide bonds. The Morgan fingerprint density at radius 3 is 2.61 bits per heavy atom. The van der Waals surface area contributed by atoms with Crippen molar-refractivity contribution >= 4 is 21.4 Å². The number of hydrogen-bond donors (Lipinski definition) is 1. The van der Waals surface area contributed by atoms with Gasteiger partial charge in [0.05, 0.1) is 17.9 Å². The van der Waals surface area contributed by atoms with Crippen molar-refractivity contribution in [1.29, 1.82) is 0 Å². The van der Waals surface area contributed by atoms with Crippen LogP contribution >= 0.6 is 0 Å². The number of amides is 1. The van der Waals surface area contributed by atoms with Crippen LogP contribution in [0, 0.1) is 5.82 Å². The Balaban J connectivity index is 1.89. The molecular weight excluding hydrogens is 321 g/mol. The predicted molar refractivity (Wildman–Crippen MR) is 84.7 cm³/mol. The van der Waals surface area contributed by atoms with Crippen molar-refractivity contribution in [2.75, 3.05) is 18.2 Å². The maximum atomic E-state index is 13.3. The van der Waals surface area contributed by atoms with Crippen molar-refractivity contribution in [1.82, 2.24) is 0 Å². The topological polar surface area (TPSA) is 72.5 Å². The molecule has 0 aromatic heterocycles. The highest BCUT2D eigenvalue weighted by molar-refractivity contribution is 7.90. The van der Waals surface area contributed by atoms with E-state index in [0.29, 0.717) is 5.69 Å². The van der Waals surface area contributed by atoms with Gasteiger partial charge in [0.2, 0.25) is 5.91 Å². The first-order chi connectivity index (χ1) is 10.9. The second kappa shape index (κ2) is 7.23. The number of halogens is 1. The van der Waals surface area contributed by atoms with E-state index in [1.54, 1.807) is 24.3 Å². The van der Waals surface area contributed by atoms with Gasteiger partial charge in [0.1, 0.15) is 0 Å². The number of carbonyl (C=O) groups is 1. The zero-order chi connectivity index (χ0) is 16.9. The van der Waals surface area contributed by atoms with Gasteiger partial charge in [-0.2, -0.15) is 0 Å². The summed E-state index contributed by atoms with van der Waals surface area (Å²) in [7, 11) is -3.34. The number of hydrogen-bond acceptors (Lipinski definition) is 4. The Morgan fingerprint density at radius 2 is 1.91 bits per heavy atom. The molecule has 23 heavy (non-hydrogen) atoms. The SMILES string of the molecule is CS(=O)(=O)c1cccc(NC(=O)CCOc2ccccc2F)c1. The van der Waals surface area contributed by atoms with E-state index in [1.807, 2.05) is 0 Å². The number of anilines is 1. The molecule has 0 bridgehead atoms. The molecule has 5 nitrogen and oxygen atoms in total. The zero-order valence-electron chi connectivity index (χ0n) is 12.5. The van der Waals surface area contributed by atoms with Gasteiger partial charge in [0.15, 0.2) is 21.4 Å². The Bertz CT molecular complexity index is 805. The zero-order valence-corrected chi connectivity index (χ0v) is 13.3. The second-order valence-corrected chi connectivity index (χ2v) is 6.89. The van der Waals surface area contributed by atoms with Crippen molar-refractivity contribution in [2.45, 2.75) is 11.3 Å². The first-order valence-electron chi connectivity index (χ1n) is 6.83. The van der Waals surface area contributed by atoms with Crippen LogP contribution in [0.3, 0.4) is 0 Å². The third-order valence-corrected chi connectivity index (χ3v) is 4.08. The van der Waals surface area contributed by atoms with E-state index in [1.165, 1.54) is 24.3 Å². The second-order valence-electron chi connectivity index (χ2n) is 4.88. The summed E-state index contributed by atoms with van der Waals surface area (Å²) in [6, 6.07) is 11.9. The Morgan fingerprint density at radius 1 is 1.17 bits per heavy atom. The van der Waals surface area contributed by atoms with Crippen LogP contribution in [0.25, 0.3) is 0 Å². The first-order valence-corrected chi connectivity index (χ1v) is 8.73. The minimum Gasteiger partial charge on any atom is -0.490 e. The molecule has 0 saturated carbocycles. The Hall–Kier alpha value is -2.41. The molecule has 122 valence electrons. The molecule has 0 unspecified atom stereocenters. The van der Waals surface area contributed by atoms with E-state index in [2.05, 4.69) is 5.32 Å². The predicted octanol–water partition coefficient (Wildman–Crippen LogP) is 2.64. The molecular formula is C16H16FNO4S. The smallest absolute Gasteiger partial charge is 0.227 e. The summed E-state index contributed by atoms with van der Waals surface area (Å²) in [5, 5.41) is 2.58. The van der Waals surface area contributed by atoms with Crippen LogP contribution in [0.4, 0.5) is 10.1 Å². The summed E-state index contributed by atoms with van der Waals surface area (Å²) in [6.45, 7) is 0.0124. The summed E-state index contributed by atoms with van der Waals surface area (Å²) in [5.74, 6) is -0.764. The molecule has 0 saturated heterocycles. The van der Waals surface area contributed by atoms with Crippen molar-refractivity contribution in [3.63, 3.8) is 0 Å². The monoisotopic (exact) mass is 337 g/mol. The van der Waals surface area contributed by atoms with Gasteiger partial charge >= 0.3 is 0 Å². The molecule has 0 spiro atoms. The quantitative estimate of drug-likeness (QED) is 0.879. The Kier molecular flexibility index (Phi) is 5.33. The lowest BCUT2D eigenvalue weighted by atomic mass is 10.3. The van der Waals surface area contributed by atoms with Gasteiger partial charge in [-0.15, -0.1) is 0 Å². The van der Waals surface area contributed by atoms with Crippen molar-refractivity contribution < 1.29 is 22.3 Å². The molecule has 2 aromatic carbocycles. The van der Waals surface area contributed by atoms with Crippen LogP contribution in [0.1, 0.15) is 6.42 Å². The molecule has 1 N–H and O–H groups in total. The number of sulfone groups is 1. The van der Waals surface area contributed by atoms with Crippen LogP contribution in [-0.4, -0.2) is 27.2 Å². The molecule has 2 rings (SSSR count). The van der Waals surface area contributed by atoms with E-state index < -0.39 is 15.7 Å². The highest BCUT2D eigenvalue weighted by Crippen LogP contribution is 2.17. The van der Waals surface area contributed by atoms with Gasteiger partial charge in [-0.1, -0.05) is 18.2 Å². The fraction of sp³-hybridized carbons (Fsp3) is 0.188. The lowest BCUT2D eigenvalue weighted by Gasteiger charge is -2.08. The Labute approximate surface area is 134 Å². The number of para-hydroxylation sites is 1. The average molecular weight is 337 g/mol. The van der Waals surface area contributed by atoms with Gasteiger partial charge in [-0.25, -0.2) is 12.8 Å². The summed E-state index contributed by atoms with van der Waals surface area (Å²) < 4.78 is 41.5. The molecule has 0 heterocycles. The molecule has 0 aliphatic rings.